The summed E-state index contributed by atoms with van der Waals surface area (Å²) < 4.78 is 23.6. The number of carbonyl (C=O) groups excluding carboxylic acids is 1. The highest BCUT2D eigenvalue weighted by Gasteiger charge is 2.30. The van der Waals surface area contributed by atoms with E-state index in [1.54, 1.807) is 18.3 Å². The smallest absolute Gasteiger partial charge is 0.410 e. The topological polar surface area (TPSA) is 86.1 Å². The number of methoxy groups -OCH3 is 1. The van der Waals surface area contributed by atoms with Crippen molar-refractivity contribution in [3.63, 3.8) is 0 Å². The maximum absolute atomic E-state index is 12.4. The Morgan fingerprint density at radius 2 is 2.06 bits per heavy atom. The molecule has 1 fully saturated rings. The van der Waals surface area contributed by atoms with Crippen LogP contribution in [-0.2, 0) is 4.74 Å². The lowest BCUT2D eigenvalue weighted by atomic mass is 10.1. The second kappa shape index (κ2) is 9.97. The summed E-state index contributed by atoms with van der Waals surface area (Å²) in [5.41, 5.74) is 3.10. The fraction of sp³-hybridized carbons (Fsp3) is 0.462. The van der Waals surface area contributed by atoms with Crippen LogP contribution in [0.1, 0.15) is 38.3 Å². The molecule has 1 aliphatic heterocycles. The number of hydrogen-bond acceptors (Lipinski definition) is 7. The van der Waals surface area contributed by atoms with E-state index in [4.69, 9.17) is 23.6 Å². The Morgan fingerprint density at radius 3 is 2.77 bits per heavy atom. The number of nitrogens with zero attached hydrogens (tertiary/aromatic N) is 2. The Balaban J connectivity index is 1.53. The maximum Gasteiger partial charge on any atom is 0.410 e. The third-order valence-corrected chi connectivity index (χ3v) is 6.73. The Bertz CT molecular complexity index is 1230. The normalized spacial score (nSPS) is 16.0. The Hall–Kier alpha value is -2.94. The summed E-state index contributed by atoms with van der Waals surface area (Å²) in [5, 5.41) is 4.21. The number of furan rings is 1. The summed E-state index contributed by atoms with van der Waals surface area (Å²) >= 11 is 3.64. The number of pyridine rings is 1. The van der Waals surface area contributed by atoms with E-state index in [2.05, 4.69) is 21.2 Å². The van der Waals surface area contributed by atoms with Crippen LogP contribution in [0.15, 0.2) is 33.4 Å². The molecule has 1 amide bonds. The molecule has 188 valence electrons. The van der Waals surface area contributed by atoms with Gasteiger partial charge in [0.15, 0.2) is 11.4 Å². The molecule has 0 bridgehead atoms. The highest BCUT2D eigenvalue weighted by molar-refractivity contribution is 9.10. The third kappa shape index (κ3) is 5.50. The molecule has 1 aromatic carbocycles. The van der Waals surface area contributed by atoms with E-state index in [-0.39, 0.29) is 12.0 Å². The van der Waals surface area contributed by atoms with Crippen molar-refractivity contribution in [3.05, 3.63) is 40.1 Å². The van der Waals surface area contributed by atoms with E-state index < -0.39 is 5.60 Å². The van der Waals surface area contributed by atoms with E-state index in [1.807, 2.05) is 52.8 Å². The van der Waals surface area contributed by atoms with Gasteiger partial charge in [-0.25, -0.2) is 4.79 Å². The van der Waals surface area contributed by atoms with Crippen molar-refractivity contribution in [2.24, 2.45) is 5.92 Å². The van der Waals surface area contributed by atoms with Crippen molar-refractivity contribution in [3.8, 4) is 11.6 Å². The van der Waals surface area contributed by atoms with Crippen LogP contribution >= 0.6 is 15.9 Å². The number of ether oxygens (including phenoxy) is 3. The molecule has 9 heteroatoms. The third-order valence-electron chi connectivity index (χ3n) is 6.00. The molecule has 1 saturated heterocycles. The lowest BCUT2D eigenvalue weighted by Crippen LogP contribution is -2.35. The zero-order valence-electron chi connectivity index (χ0n) is 21.0. The number of likely N-dealkylation sites (tertiary alicyclic amines) is 1. The van der Waals surface area contributed by atoms with Gasteiger partial charge in [-0.3, -0.25) is 0 Å². The second-order valence-corrected chi connectivity index (χ2v) is 10.6. The standard InChI is InChI=1S/C26H32BrN3O5/c1-15-7-8-19(32-6)16(2)21(15)28-23-20(27)22-18(10-12-33-22)24(29-23)34-14-17-9-11-30(13-17)25(31)35-26(3,4)5/h7-8,10,12,17H,9,11,13-14H2,1-6H3,(H,28,29)/t17-/m0/s1. The van der Waals surface area contributed by atoms with Crippen LogP contribution in [-0.4, -0.2) is 48.4 Å². The first-order chi connectivity index (χ1) is 16.6. The average molecular weight is 546 g/mol. The summed E-state index contributed by atoms with van der Waals surface area (Å²) in [4.78, 5) is 18.9. The van der Waals surface area contributed by atoms with Gasteiger partial charge < -0.3 is 28.8 Å². The molecular formula is C26H32BrN3O5. The summed E-state index contributed by atoms with van der Waals surface area (Å²) in [6.45, 7) is 11.3. The molecule has 3 aromatic rings. The van der Waals surface area contributed by atoms with Gasteiger partial charge in [0, 0.05) is 30.3 Å². The van der Waals surface area contributed by atoms with Crippen molar-refractivity contribution in [1.82, 2.24) is 9.88 Å². The molecule has 3 heterocycles. The second-order valence-electron chi connectivity index (χ2n) is 9.84. The van der Waals surface area contributed by atoms with Crippen molar-refractivity contribution >= 4 is 44.5 Å². The number of carbonyl (C=O) groups is 1. The largest absolute Gasteiger partial charge is 0.496 e. The number of aromatic nitrogens is 1. The SMILES string of the molecule is COc1ccc(C)c(Nc2nc(OC[C@H]3CCN(C(=O)OC(C)(C)C)C3)c3ccoc3c2Br)c1C. The van der Waals surface area contributed by atoms with E-state index in [9.17, 15) is 4.79 Å². The molecule has 0 unspecified atom stereocenters. The highest BCUT2D eigenvalue weighted by atomic mass is 79.9. The van der Waals surface area contributed by atoms with E-state index in [1.165, 1.54) is 0 Å². The first-order valence-corrected chi connectivity index (χ1v) is 12.5. The van der Waals surface area contributed by atoms with Crippen LogP contribution < -0.4 is 14.8 Å². The van der Waals surface area contributed by atoms with E-state index in [0.29, 0.717) is 41.4 Å². The predicted octanol–water partition coefficient (Wildman–Crippen LogP) is 6.60. The van der Waals surface area contributed by atoms with Gasteiger partial charge in [-0.1, -0.05) is 6.07 Å². The zero-order valence-corrected chi connectivity index (χ0v) is 22.6. The quantitative estimate of drug-likeness (QED) is 0.373. The Labute approximate surface area is 214 Å². The van der Waals surface area contributed by atoms with Crippen LogP contribution in [0.25, 0.3) is 11.0 Å². The Kier molecular flexibility index (Phi) is 7.17. The van der Waals surface area contributed by atoms with Crippen LogP contribution in [0, 0.1) is 19.8 Å². The number of benzene rings is 1. The number of fused-ring (bicyclic) bond motifs is 1. The first-order valence-electron chi connectivity index (χ1n) is 11.7. The average Bonchev–Trinajstić information content (AvgIpc) is 3.46. The molecule has 1 atom stereocenters. The Morgan fingerprint density at radius 1 is 1.29 bits per heavy atom. The van der Waals surface area contributed by atoms with E-state index in [0.717, 1.165) is 34.4 Å². The fourth-order valence-electron chi connectivity index (χ4n) is 4.18. The number of anilines is 2. The summed E-state index contributed by atoms with van der Waals surface area (Å²) in [6.07, 6.45) is 2.18. The molecule has 4 rings (SSSR count). The number of halogens is 1. The molecule has 35 heavy (non-hydrogen) atoms. The molecule has 1 N–H and O–H groups in total. The lowest BCUT2D eigenvalue weighted by Gasteiger charge is -2.24. The molecule has 0 spiro atoms. The molecule has 2 aromatic heterocycles. The zero-order chi connectivity index (χ0) is 25.3. The number of amides is 1. The van der Waals surface area contributed by atoms with Crippen molar-refractivity contribution in [2.75, 3.05) is 32.1 Å². The molecule has 0 aliphatic carbocycles. The highest BCUT2D eigenvalue weighted by Crippen LogP contribution is 2.39. The number of hydrogen-bond donors (Lipinski definition) is 1. The van der Waals surface area contributed by atoms with Crippen LogP contribution in [0.5, 0.6) is 11.6 Å². The molecule has 0 radical (unpaired) electrons. The lowest BCUT2D eigenvalue weighted by molar-refractivity contribution is 0.0284. The van der Waals surface area contributed by atoms with Crippen molar-refractivity contribution in [2.45, 2.75) is 46.6 Å². The fourth-order valence-corrected chi connectivity index (χ4v) is 4.67. The van der Waals surface area contributed by atoms with Gasteiger partial charge in [0.05, 0.1) is 25.4 Å². The molecule has 1 aliphatic rings. The number of rotatable bonds is 6. The predicted molar refractivity (Wildman–Crippen MR) is 139 cm³/mol. The molecule has 0 saturated carbocycles. The molecule has 8 nitrogen and oxygen atoms in total. The van der Waals surface area contributed by atoms with Crippen LogP contribution in [0.3, 0.4) is 0 Å². The van der Waals surface area contributed by atoms with Gasteiger partial charge in [0.2, 0.25) is 5.88 Å². The summed E-state index contributed by atoms with van der Waals surface area (Å²) in [7, 11) is 1.66. The van der Waals surface area contributed by atoms with Crippen molar-refractivity contribution in [1.29, 1.82) is 0 Å². The molecular weight excluding hydrogens is 514 g/mol. The van der Waals surface area contributed by atoms with Gasteiger partial charge in [0.25, 0.3) is 0 Å². The minimum atomic E-state index is -0.511. The minimum Gasteiger partial charge on any atom is -0.496 e. The summed E-state index contributed by atoms with van der Waals surface area (Å²) in [5.74, 6) is 2.05. The van der Waals surface area contributed by atoms with Gasteiger partial charge in [-0.15, -0.1) is 0 Å². The minimum absolute atomic E-state index is 0.189. The van der Waals surface area contributed by atoms with Gasteiger partial charge in [-0.2, -0.15) is 4.98 Å². The maximum atomic E-state index is 12.4. The number of aryl methyl sites for hydroxylation is 1. The van der Waals surface area contributed by atoms with Gasteiger partial charge >= 0.3 is 6.09 Å². The van der Waals surface area contributed by atoms with Gasteiger partial charge in [-0.05, 0) is 74.7 Å². The first kappa shape index (κ1) is 25.2. The van der Waals surface area contributed by atoms with E-state index >= 15 is 0 Å². The monoisotopic (exact) mass is 545 g/mol. The van der Waals surface area contributed by atoms with Gasteiger partial charge in [0.1, 0.15) is 15.8 Å². The van der Waals surface area contributed by atoms with Crippen LogP contribution in [0.2, 0.25) is 0 Å². The number of nitrogens with one attached hydrogen (secondary N) is 1. The van der Waals surface area contributed by atoms with Crippen molar-refractivity contribution < 1.29 is 23.4 Å². The summed E-state index contributed by atoms with van der Waals surface area (Å²) in [6, 6.07) is 5.79. The van der Waals surface area contributed by atoms with Crippen LogP contribution in [0.4, 0.5) is 16.3 Å².